The van der Waals surface area contributed by atoms with Crippen molar-refractivity contribution >= 4 is 9.52 Å². The monoisotopic (exact) mass is 252 g/mol. The zero-order chi connectivity index (χ0) is 12.0. The molecule has 17 heavy (non-hydrogen) atoms. The van der Waals surface area contributed by atoms with Gasteiger partial charge in [0.1, 0.15) is 17.9 Å². The molecule has 0 bridgehead atoms. The van der Waals surface area contributed by atoms with E-state index in [9.17, 15) is 0 Å². The van der Waals surface area contributed by atoms with Gasteiger partial charge in [0.2, 0.25) is 0 Å². The molecule has 2 heterocycles. The molecule has 1 aromatic rings. The lowest BCUT2D eigenvalue weighted by molar-refractivity contribution is -0.0300. The molecule has 94 valence electrons. The molecule has 5 nitrogen and oxygen atoms in total. The van der Waals surface area contributed by atoms with Crippen molar-refractivity contribution in [3.05, 3.63) is 18.5 Å². The van der Waals surface area contributed by atoms with E-state index in [2.05, 4.69) is 15.0 Å². The smallest absolute Gasteiger partial charge is 0.159 e. The summed E-state index contributed by atoms with van der Waals surface area (Å²) in [6, 6.07) is 1.20. The van der Waals surface area contributed by atoms with Crippen LogP contribution in [-0.2, 0) is 9.96 Å². The maximum absolute atomic E-state index is 6.07. The maximum Gasteiger partial charge on any atom is 0.159 e. The van der Waals surface area contributed by atoms with Crippen LogP contribution in [-0.4, -0.2) is 37.6 Å². The largest absolute Gasteiger partial charge is 0.371 e. The first-order valence-electron chi connectivity index (χ1n) is 6.34. The van der Waals surface area contributed by atoms with Gasteiger partial charge in [-0.3, -0.25) is 0 Å². The molecule has 0 amide bonds. The topological polar surface area (TPSA) is 73.9 Å². The molecule has 0 aromatic carbocycles. The molecular weight excluding hydrogens is 232 g/mol. The van der Waals surface area contributed by atoms with Crippen LogP contribution >= 0.6 is 0 Å². The zero-order valence-electron chi connectivity index (χ0n) is 10.1. The van der Waals surface area contributed by atoms with E-state index in [0.29, 0.717) is 0 Å². The van der Waals surface area contributed by atoms with Crippen molar-refractivity contribution in [2.24, 2.45) is 5.73 Å². The fraction of sp³-hybridized carbons (Fsp3) is 0.727. The molecule has 1 fully saturated rings. The fourth-order valence-electron chi connectivity index (χ4n) is 2.37. The second kappa shape index (κ2) is 6.18. The maximum atomic E-state index is 6.07. The van der Waals surface area contributed by atoms with E-state index in [1.807, 2.05) is 0 Å². The quantitative estimate of drug-likeness (QED) is 0.597. The third kappa shape index (κ3) is 3.08. The molecule has 1 unspecified atom stereocenters. The molecule has 0 saturated carbocycles. The van der Waals surface area contributed by atoms with Crippen LogP contribution in [0, 0.1) is 0 Å². The molecule has 1 aliphatic heterocycles. The van der Waals surface area contributed by atoms with E-state index in [-0.39, 0.29) is 5.22 Å². The van der Waals surface area contributed by atoms with E-state index in [1.54, 1.807) is 12.7 Å². The van der Waals surface area contributed by atoms with Gasteiger partial charge >= 0.3 is 0 Å². The number of hydrogen-bond donors (Lipinski definition) is 1. The normalized spacial score (nSPS) is 25.5. The van der Waals surface area contributed by atoms with Crippen LogP contribution < -0.4 is 5.73 Å². The van der Waals surface area contributed by atoms with Crippen LogP contribution in [0.4, 0.5) is 0 Å². The average molecular weight is 252 g/mol. The highest BCUT2D eigenvalue weighted by Crippen LogP contribution is 2.32. The van der Waals surface area contributed by atoms with E-state index in [4.69, 9.17) is 10.5 Å². The molecule has 1 saturated heterocycles. The predicted octanol–water partition coefficient (Wildman–Crippen LogP) is 0.161. The van der Waals surface area contributed by atoms with Crippen molar-refractivity contribution in [2.45, 2.75) is 37.0 Å². The first kappa shape index (κ1) is 12.6. The highest BCUT2D eigenvalue weighted by Gasteiger charge is 2.37. The molecule has 1 atom stereocenters. The summed E-state index contributed by atoms with van der Waals surface area (Å²) in [4.78, 5) is 12.5. The Balaban J connectivity index is 2.11. The van der Waals surface area contributed by atoms with E-state index >= 15 is 0 Å². The lowest BCUT2D eigenvalue weighted by Gasteiger charge is -2.35. The molecule has 6 heteroatoms. The van der Waals surface area contributed by atoms with Gasteiger partial charge in [-0.05, 0) is 32.2 Å². The second-order valence-electron chi connectivity index (χ2n) is 4.51. The van der Waals surface area contributed by atoms with E-state index in [1.165, 1.54) is 12.5 Å². The van der Waals surface area contributed by atoms with Crippen molar-refractivity contribution < 1.29 is 4.74 Å². The van der Waals surface area contributed by atoms with Crippen molar-refractivity contribution in [2.75, 3.05) is 13.2 Å². The van der Waals surface area contributed by atoms with Gasteiger partial charge in [-0.2, -0.15) is 0 Å². The van der Waals surface area contributed by atoms with Crippen LogP contribution in [0.15, 0.2) is 12.7 Å². The number of rotatable bonds is 5. The molecule has 0 spiro atoms. The Morgan fingerprint density at radius 1 is 1.35 bits per heavy atom. The third-order valence-electron chi connectivity index (χ3n) is 3.29. The van der Waals surface area contributed by atoms with Gasteiger partial charge in [0, 0.05) is 6.61 Å². The summed E-state index contributed by atoms with van der Waals surface area (Å²) in [6.45, 7) is 1.60. The van der Waals surface area contributed by atoms with Crippen molar-refractivity contribution in [1.82, 2.24) is 15.0 Å². The van der Waals surface area contributed by atoms with Crippen molar-refractivity contribution in [1.29, 1.82) is 0 Å². The lowest BCUT2D eigenvalue weighted by atomic mass is 10.1. The molecule has 2 rings (SSSR count). The molecule has 2 N–H and O–H groups in total. The number of aromatic nitrogens is 3. The Hall–Kier alpha value is -0.853. The second-order valence-corrected chi connectivity index (χ2v) is 6.86. The minimum atomic E-state index is -0.406. The van der Waals surface area contributed by atoms with E-state index in [0.717, 1.165) is 38.2 Å². The number of hydrogen-bond acceptors (Lipinski definition) is 5. The number of nitrogens with zero attached hydrogens (tertiary/aromatic N) is 3. The Morgan fingerprint density at radius 2 is 2.18 bits per heavy atom. The summed E-state index contributed by atoms with van der Waals surface area (Å²) < 4.78 is 6.07. The Labute approximate surface area is 104 Å². The Morgan fingerprint density at radius 3 is 2.82 bits per heavy atom. The van der Waals surface area contributed by atoms with Crippen LogP contribution in [0.3, 0.4) is 0 Å². The molecule has 1 aliphatic rings. The van der Waals surface area contributed by atoms with Crippen LogP contribution in [0.1, 0.15) is 31.5 Å². The van der Waals surface area contributed by atoms with Gasteiger partial charge in [0.25, 0.3) is 0 Å². The molecule has 0 aliphatic carbocycles. The van der Waals surface area contributed by atoms with Gasteiger partial charge in [-0.25, -0.2) is 15.0 Å². The van der Waals surface area contributed by atoms with Crippen molar-refractivity contribution in [3.63, 3.8) is 0 Å². The molecule has 1 aromatic heterocycles. The fourth-order valence-corrected chi connectivity index (χ4v) is 4.67. The standard InChI is InChI=1S/C11H20N4OSi/c12-5-3-7-17-11(4-1-2-6-16-11)10-14-8-13-9-15-10/h8-9H,1-7,12,17H2. The van der Waals surface area contributed by atoms with Gasteiger partial charge in [0.15, 0.2) is 5.82 Å². The summed E-state index contributed by atoms with van der Waals surface area (Å²) in [6.07, 6.45) is 7.65. The highest BCUT2D eigenvalue weighted by atomic mass is 28.2. The van der Waals surface area contributed by atoms with Crippen molar-refractivity contribution in [3.8, 4) is 0 Å². The summed E-state index contributed by atoms with van der Waals surface area (Å²) >= 11 is 0. The Kier molecular flexibility index (Phi) is 4.58. The predicted molar refractivity (Wildman–Crippen MR) is 68.3 cm³/mol. The van der Waals surface area contributed by atoms with E-state index < -0.39 is 9.52 Å². The summed E-state index contributed by atoms with van der Waals surface area (Å²) in [5, 5.41) is -0.156. The number of ether oxygens (including phenoxy) is 1. The van der Waals surface area contributed by atoms with Crippen LogP contribution in [0.2, 0.25) is 6.04 Å². The number of nitrogens with two attached hydrogens (primary N) is 1. The minimum Gasteiger partial charge on any atom is -0.371 e. The summed E-state index contributed by atoms with van der Waals surface area (Å²) in [7, 11) is -0.406. The van der Waals surface area contributed by atoms with Gasteiger partial charge in [-0.1, -0.05) is 6.04 Å². The van der Waals surface area contributed by atoms with Crippen LogP contribution in [0.5, 0.6) is 0 Å². The zero-order valence-corrected chi connectivity index (χ0v) is 11.6. The minimum absolute atomic E-state index is 0.156. The van der Waals surface area contributed by atoms with Crippen LogP contribution in [0.25, 0.3) is 0 Å². The first-order chi connectivity index (χ1) is 8.37. The average Bonchev–Trinajstić information content (AvgIpc) is 2.41. The first-order valence-corrected chi connectivity index (χ1v) is 8.05. The highest BCUT2D eigenvalue weighted by molar-refractivity contribution is 6.39. The van der Waals surface area contributed by atoms with Gasteiger partial charge in [-0.15, -0.1) is 0 Å². The Bertz CT molecular complexity index is 330. The SMILES string of the molecule is NCCC[SiH2]C1(c2ncncn2)CCCCO1. The lowest BCUT2D eigenvalue weighted by Crippen LogP contribution is -2.41. The molecule has 0 radical (unpaired) electrons. The molecular formula is C11H20N4OSi. The third-order valence-corrected chi connectivity index (χ3v) is 5.82. The van der Waals surface area contributed by atoms with Gasteiger partial charge in [0.05, 0.1) is 9.52 Å². The summed E-state index contributed by atoms with van der Waals surface area (Å²) in [5.41, 5.74) is 5.57. The van der Waals surface area contributed by atoms with Gasteiger partial charge < -0.3 is 10.5 Å². The summed E-state index contributed by atoms with van der Waals surface area (Å²) in [5.74, 6) is 0.843.